The molecule has 19 heavy (non-hydrogen) atoms. The Balaban J connectivity index is 1.79. The van der Waals surface area contributed by atoms with Gasteiger partial charge in [0.25, 0.3) is 0 Å². The molecule has 0 aromatic heterocycles. The van der Waals surface area contributed by atoms with E-state index in [4.69, 9.17) is 0 Å². The van der Waals surface area contributed by atoms with Crippen LogP contribution in [0.15, 0.2) is 24.3 Å². The molecule has 0 aliphatic carbocycles. The average molecular weight is 260 g/mol. The van der Waals surface area contributed by atoms with Gasteiger partial charge in [-0.25, -0.2) is 0 Å². The summed E-state index contributed by atoms with van der Waals surface area (Å²) >= 11 is 0. The van der Waals surface area contributed by atoms with Gasteiger partial charge in [-0.15, -0.1) is 0 Å². The van der Waals surface area contributed by atoms with Crippen LogP contribution in [0.1, 0.15) is 30.9 Å². The molecule has 2 rings (SSSR count). The summed E-state index contributed by atoms with van der Waals surface area (Å²) in [7, 11) is 0. The Morgan fingerprint density at radius 2 is 2.21 bits per heavy atom. The standard InChI is InChI=1S/C16H24N2O/c1-12-6-3-4-8-14(12)9-11-18-16(19)15-13(2)7-5-10-17-15/h3-4,6,8,13,15,17H,5,7,9-11H2,1-2H3,(H,18,19). The van der Waals surface area contributed by atoms with Gasteiger partial charge in [0.05, 0.1) is 6.04 Å². The first-order chi connectivity index (χ1) is 9.18. The number of piperidine rings is 1. The molecule has 3 heteroatoms. The van der Waals surface area contributed by atoms with Crippen LogP contribution < -0.4 is 10.6 Å². The zero-order valence-corrected chi connectivity index (χ0v) is 11.9. The topological polar surface area (TPSA) is 41.1 Å². The highest BCUT2D eigenvalue weighted by molar-refractivity contribution is 5.82. The summed E-state index contributed by atoms with van der Waals surface area (Å²) in [5.74, 6) is 0.591. The summed E-state index contributed by atoms with van der Waals surface area (Å²) in [6.45, 7) is 5.94. The Kier molecular flexibility index (Phi) is 4.97. The van der Waals surface area contributed by atoms with Crippen LogP contribution in [0.3, 0.4) is 0 Å². The highest BCUT2D eigenvalue weighted by Crippen LogP contribution is 2.15. The Morgan fingerprint density at radius 1 is 1.42 bits per heavy atom. The first-order valence-corrected chi connectivity index (χ1v) is 7.24. The van der Waals surface area contributed by atoms with E-state index in [-0.39, 0.29) is 11.9 Å². The molecular formula is C16H24N2O. The van der Waals surface area contributed by atoms with Crippen molar-refractivity contribution in [3.05, 3.63) is 35.4 Å². The van der Waals surface area contributed by atoms with E-state index in [1.54, 1.807) is 0 Å². The smallest absolute Gasteiger partial charge is 0.237 e. The van der Waals surface area contributed by atoms with Crippen molar-refractivity contribution in [2.75, 3.05) is 13.1 Å². The highest BCUT2D eigenvalue weighted by Gasteiger charge is 2.26. The van der Waals surface area contributed by atoms with Crippen molar-refractivity contribution in [1.29, 1.82) is 0 Å². The van der Waals surface area contributed by atoms with Crippen molar-refractivity contribution in [2.24, 2.45) is 5.92 Å². The SMILES string of the molecule is Cc1ccccc1CCNC(=O)C1NCCCC1C. The number of amides is 1. The number of carbonyl (C=O) groups excluding carboxylic acids is 1. The Labute approximate surface area is 115 Å². The Hall–Kier alpha value is -1.35. The van der Waals surface area contributed by atoms with E-state index < -0.39 is 0 Å². The zero-order valence-electron chi connectivity index (χ0n) is 11.9. The lowest BCUT2D eigenvalue weighted by atomic mass is 9.92. The number of carbonyl (C=O) groups is 1. The van der Waals surface area contributed by atoms with Gasteiger partial charge >= 0.3 is 0 Å². The molecule has 0 radical (unpaired) electrons. The third-order valence-corrected chi connectivity index (χ3v) is 4.01. The number of hydrogen-bond donors (Lipinski definition) is 2. The lowest BCUT2D eigenvalue weighted by Gasteiger charge is -2.28. The van der Waals surface area contributed by atoms with Gasteiger partial charge < -0.3 is 10.6 Å². The van der Waals surface area contributed by atoms with Crippen LogP contribution in [-0.4, -0.2) is 25.0 Å². The number of hydrogen-bond acceptors (Lipinski definition) is 2. The number of nitrogens with one attached hydrogen (secondary N) is 2. The fraction of sp³-hybridized carbons (Fsp3) is 0.562. The van der Waals surface area contributed by atoms with Crippen LogP contribution in [0, 0.1) is 12.8 Å². The first kappa shape index (κ1) is 14.1. The van der Waals surface area contributed by atoms with Gasteiger partial charge in [-0.05, 0) is 49.8 Å². The van der Waals surface area contributed by atoms with Crippen LogP contribution in [0.25, 0.3) is 0 Å². The van der Waals surface area contributed by atoms with Crippen LogP contribution in [0.4, 0.5) is 0 Å². The third-order valence-electron chi connectivity index (χ3n) is 4.01. The summed E-state index contributed by atoms with van der Waals surface area (Å²) in [6, 6.07) is 8.33. The molecule has 1 aliphatic rings. The summed E-state index contributed by atoms with van der Waals surface area (Å²) in [5, 5.41) is 6.37. The molecule has 1 aromatic rings. The summed E-state index contributed by atoms with van der Waals surface area (Å²) in [4.78, 5) is 12.1. The van der Waals surface area contributed by atoms with Gasteiger partial charge in [-0.2, -0.15) is 0 Å². The van der Waals surface area contributed by atoms with Crippen LogP contribution in [0.5, 0.6) is 0 Å². The van der Waals surface area contributed by atoms with Crippen molar-refractivity contribution in [3.8, 4) is 0 Å². The molecule has 2 atom stereocenters. The zero-order chi connectivity index (χ0) is 13.7. The van der Waals surface area contributed by atoms with E-state index in [1.807, 2.05) is 6.07 Å². The van der Waals surface area contributed by atoms with Gasteiger partial charge in [0.15, 0.2) is 0 Å². The summed E-state index contributed by atoms with van der Waals surface area (Å²) in [5.41, 5.74) is 2.60. The third kappa shape index (κ3) is 3.80. The van der Waals surface area contributed by atoms with Gasteiger partial charge in [0.2, 0.25) is 5.91 Å². The normalized spacial score (nSPS) is 23.1. The fourth-order valence-corrected chi connectivity index (χ4v) is 2.72. The van der Waals surface area contributed by atoms with Crippen molar-refractivity contribution in [1.82, 2.24) is 10.6 Å². The van der Waals surface area contributed by atoms with Gasteiger partial charge in [0.1, 0.15) is 0 Å². The molecule has 104 valence electrons. The lowest BCUT2D eigenvalue weighted by Crippen LogP contribution is -2.51. The molecule has 2 N–H and O–H groups in total. The predicted molar refractivity (Wildman–Crippen MR) is 78.1 cm³/mol. The van der Waals surface area contributed by atoms with Gasteiger partial charge in [-0.1, -0.05) is 31.2 Å². The highest BCUT2D eigenvalue weighted by atomic mass is 16.2. The Bertz CT molecular complexity index is 431. The Morgan fingerprint density at radius 3 is 2.95 bits per heavy atom. The second-order valence-electron chi connectivity index (χ2n) is 5.52. The van der Waals surface area contributed by atoms with E-state index in [2.05, 4.69) is 42.7 Å². The van der Waals surface area contributed by atoms with Gasteiger partial charge in [0, 0.05) is 6.54 Å². The quantitative estimate of drug-likeness (QED) is 0.870. The molecule has 0 bridgehead atoms. The summed E-state index contributed by atoms with van der Waals surface area (Å²) < 4.78 is 0. The minimum absolute atomic E-state index is 0.00868. The second-order valence-corrected chi connectivity index (χ2v) is 5.52. The summed E-state index contributed by atoms with van der Waals surface area (Å²) in [6.07, 6.45) is 3.22. The molecule has 1 heterocycles. The molecule has 1 saturated heterocycles. The van der Waals surface area contributed by atoms with E-state index in [0.29, 0.717) is 12.5 Å². The number of rotatable bonds is 4. The monoisotopic (exact) mass is 260 g/mol. The minimum atomic E-state index is -0.00868. The van der Waals surface area contributed by atoms with E-state index in [1.165, 1.54) is 17.5 Å². The van der Waals surface area contributed by atoms with Gasteiger partial charge in [-0.3, -0.25) is 4.79 Å². The molecule has 1 fully saturated rings. The molecule has 0 saturated carbocycles. The first-order valence-electron chi connectivity index (χ1n) is 7.24. The second kappa shape index (κ2) is 6.71. The average Bonchev–Trinajstić information content (AvgIpc) is 2.41. The van der Waals surface area contributed by atoms with Crippen molar-refractivity contribution in [2.45, 2.75) is 39.2 Å². The molecule has 0 spiro atoms. The molecule has 2 unspecified atom stereocenters. The maximum absolute atomic E-state index is 12.1. The number of benzene rings is 1. The number of aryl methyl sites for hydroxylation is 1. The van der Waals surface area contributed by atoms with Crippen LogP contribution >= 0.6 is 0 Å². The maximum Gasteiger partial charge on any atom is 0.237 e. The van der Waals surface area contributed by atoms with E-state index in [0.717, 1.165) is 19.4 Å². The van der Waals surface area contributed by atoms with E-state index in [9.17, 15) is 4.79 Å². The maximum atomic E-state index is 12.1. The van der Waals surface area contributed by atoms with Crippen molar-refractivity contribution in [3.63, 3.8) is 0 Å². The molecule has 1 aliphatic heterocycles. The predicted octanol–water partition coefficient (Wildman–Crippen LogP) is 2.04. The largest absolute Gasteiger partial charge is 0.354 e. The van der Waals surface area contributed by atoms with Crippen LogP contribution in [0.2, 0.25) is 0 Å². The molecule has 3 nitrogen and oxygen atoms in total. The fourth-order valence-electron chi connectivity index (χ4n) is 2.72. The minimum Gasteiger partial charge on any atom is -0.354 e. The van der Waals surface area contributed by atoms with Crippen molar-refractivity contribution < 1.29 is 4.79 Å². The lowest BCUT2D eigenvalue weighted by molar-refractivity contribution is -0.124. The molecule has 1 aromatic carbocycles. The molecule has 1 amide bonds. The van der Waals surface area contributed by atoms with E-state index >= 15 is 0 Å². The van der Waals surface area contributed by atoms with Crippen LogP contribution in [-0.2, 0) is 11.2 Å². The van der Waals surface area contributed by atoms with Crippen molar-refractivity contribution >= 4 is 5.91 Å². The molecular weight excluding hydrogens is 236 g/mol.